The molecule has 1 fully saturated rings. The number of fused-ring (bicyclic) bond motifs is 1. The van der Waals surface area contributed by atoms with Crippen LogP contribution in [0.4, 0.5) is 0 Å². The molecule has 0 spiro atoms. The molecular weight excluding hydrogens is 458 g/mol. The topological polar surface area (TPSA) is 63.0 Å². The van der Waals surface area contributed by atoms with Crippen molar-refractivity contribution in [1.29, 1.82) is 0 Å². The summed E-state index contributed by atoms with van der Waals surface area (Å²) in [6.45, 7) is 6.86. The summed E-state index contributed by atoms with van der Waals surface area (Å²) in [5.41, 5.74) is 4.09. The van der Waals surface area contributed by atoms with Gasteiger partial charge in [-0.1, -0.05) is 42.1 Å². The predicted octanol–water partition coefficient (Wildman–Crippen LogP) is 4.23. The molecule has 0 unspecified atom stereocenters. The molecular formula is C27H29N5O2S. The highest BCUT2D eigenvalue weighted by molar-refractivity contribution is 8.00. The van der Waals surface area contributed by atoms with E-state index in [4.69, 9.17) is 9.84 Å². The van der Waals surface area contributed by atoms with Gasteiger partial charge in [0.25, 0.3) is 0 Å². The van der Waals surface area contributed by atoms with Crippen LogP contribution in [0.3, 0.4) is 0 Å². The van der Waals surface area contributed by atoms with Crippen LogP contribution in [0.2, 0.25) is 0 Å². The first kappa shape index (κ1) is 23.4. The molecule has 1 aliphatic heterocycles. The molecule has 4 aromatic rings. The zero-order valence-electron chi connectivity index (χ0n) is 19.8. The number of piperazine rings is 1. The lowest BCUT2D eigenvalue weighted by molar-refractivity contribution is -0.130. The minimum Gasteiger partial charge on any atom is -0.494 e. The molecule has 0 aliphatic carbocycles. The van der Waals surface area contributed by atoms with Gasteiger partial charge in [0, 0.05) is 50.7 Å². The van der Waals surface area contributed by atoms with Gasteiger partial charge in [0.2, 0.25) is 5.91 Å². The normalized spacial score (nSPS) is 14.4. The van der Waals surface area contributed by atoms with E-state index >= 15 is 0 Å². The maximum Gasteiger partial charge on any atom is 0.233 e. The molecule has 0 saturated carbocycles. The molecule has 2 aromatic heterocycles. The fourth-order valence-electron chi connectivity index (χ4n) is 4.26. The standard InChI is InChI=1S/C27H29N5O2S/c1-2-34-23-10-8-22(9-11-23)24-18-25-27(28-12-13-32(25)29-24)35-20-26(33)31-16-14-30(15-17-31)19-21-6-4-3-5-7-21/h3-13,18H,2,14-17,19-20H2,1H3. The van der Waals surface area contributed by atoms with Crippen LogP contribution in [0.15, 0.2) is 78.1 Å². The van der Waals surface area contributed by atoms with Crippen molar-refractivity contribution in [2.75, 3.05) is 38.5 Å². The Balaban J connectivity index is 1.19. The maximum atomic E-state index is 12.9. The summed E-state index contributed by atoms with van der Waals surface area (Å²) >= 11 is 1.48. The summed E-state index contributed by atoms with van der Waals surface area (Å²) in [7, 11) is 0. The number of benzene rings is 2. The van der Waals surface area contributed by atoms with E-state index in [9.17, 15) is 4.79 Å². The minimum atomic E-state index is 0.157. The number of hydrogen-bond acceptors (Lipinski definition) is 6. The highest BCUT2D eigenvalue weighted by Gasteiger charge is 2.22. The number of carbonyl (C=O) groups is 1. The Labute approximate surface area is 209 Å². The van der Waals surface area contributed by atoms with Gasteiger partial charge >= 0.3 is 0 Å². The summed E-state index contributed by atoms with van der Waals surface area (Å²) < 4.78 is 7.36. The molecule has 0 radical (unpaired) electrons. The number of hydrogen-bond donors (Lipinski definition) is 0. The number of carbonyl (C=O) groups excluding carboxylic acids is 1. The first-order valence-electron chi connectivity index (χ1n) is 11.9. The number of thioether (sulfide) groups is 1. The lowest BCUT2D eigenvalue weighted by Gasteiger charge is -2.34. The summed E-state index contributed by atoms with van der Waals surface area (Å²) in [6, 6.07) is 20.4. The number of ether oxygens (including phenoxy) is 1. The molecule has 0 bridgehead atoms. The van der Waals surface area contributed by atoms with Gasteiger partial charge in [0.1, 0.15) is 10.8 Å². The molecule has 0 N–H and O–H groups in total. The average Bonchev–Trinajstić information content (AvgIpc) is 3.34. The van der Waals surface area contributed by atoms with Gasteiger partial charge < -0.3 is 9.64 Å². The van der Waals surface area contributed by atoms with Crippen LogP contribution >= 0.6 is 11.8 Å². The molecule has 1 amide bonds. The highest BCUT2D eigenvalue weighted by Crippen LogP contribution is 2.27. The molecule has 1 saturated heterocycles. The number of rotatable bonds is 8. The van der Waals surface area contributed by atoms with Crippen molar-refractivity contribution >= 4 is 23.2 Å². The van der Waals surface area contributed by atoms with E-state index in [0.29, 0.717) is 12.4 Å². The van der Waals surface area contributed by atoms with Crippen molar-refractivity contribution in [1.82, 2.24) is 24.4 Å². The Morgan fingerprint density at radius 2 is 1.80 bits per heavy atom. The average molecular weight is 488 g/mol. The summed E-state index contributed by atoms with van der Waals surface area (Å²) in [5.74, 6) is 1.37. The van der Waals surface area contributed by atoms with Gasteiger partial charge in [0.15, 0.2) is 0 Å². The fraction of sp³-hybridized carbons (Fsp3) is 0.296. The van der Waals surface area contributed by atoms with Crippen LogP contribution in [0.25, 0.3) is 16.8 Å². The molecule has 8 heteroatoms. The first-order chi connectivity index (χ1) is 17.2. The zero-order valence-corrected chi connectivity index (χ0v) is 20.7. The van der Waals surface area contributed by atoms with Crippen molar-refractivity contribution in [2.45, 2.75) is 18.5 Å². The Kier molecular flexibility index (Phi) is 7.30. The molecule has 3 heterocycles. The molecule has 5 rings (SSSR count). The largest absolute Gasteiger partial charge is 0.494 e. The third-order valence-corrected chi connectivity index (χ3v) is 7.10. The summed E-state index contributed by atoms with van der Waals surface area (Å²) in [5, 5.41) is 5.51. The van der Waals surface area contributed by atoms with Crippen LogP contribution in [0, 0.1) is 0 Å². The van der Waals surface area contributed by atoms with Gasteiger partial charge in [-0.05, 0) is 42.8 Å². The van der Waals surface area contributed by atoms with Crippen molar-refractivity contribution in [3.05, 3.63) is 78.6 Å². The molecule has 0 atom stereocenters. The maximum absolute atomic E-state index is 12.9. The second-order valence-corrected chi connectivity index (χ2v) is 9.44. The van der Waals surface area contributed by atoms with E-state index < -0.39 is 0 Å². The molecule has 180 valence electrons. The van der Waals surface area contributed by atoms with E-state index in [2.05, 4.69) is 34.1 Å². The van der Waals surface area contributed by atoms with Crippen LogP contribution in [-0.4, -0.2) is 68.8 Å². The van der Waals surface area contributed by atoms with E-state index in [1.165, 1.54) is 17.3 Å². The van der Waals surface area contributed by atoms with Crippen molar-refractivity contribution in [3.63, 3.8) is 0 Å². The summed E-state index contributed by atoms with van der Waals surface area (Å²) in [4.78, 5) is 21.8. The smallest absolute Gasteiger partial charge is 0.233 e. The monoisotopic (exact) mass is 487 g/mol. The predicted molar refractivity (Wildman–Crippen MR) is 139 cm³/mol. The number of nitrogens with zero attached hydrogens (tertiary/aromatic N) is 5. The zero-order chi connectivity index (χ0) is 24.0. The Morgan fingerprint density at radius 3 is 2.54 bits per heavy atom. The molecule has 7 nitrogen and oxygen atoms in total. The second kappa shape index (κ2) is 10.9. The van der Waals surface area contributed by atoms with Crippen LogP contribution in [0.1, 0.15) is 12.5 Å². The number of amides is 1. The van der Waals surface area contributed by atoms with Crippen molar-refractivity contribution in [3.8, 4) is 17.0 Å². The third kappa shape index (κ3) is 5.66. The second-order valence-electron chi connectivity index (χ2n) is 8.48. The van der Waals surface area contributed by atoms with E-state index in [0.717, 1.165) is 60.3 Å². The molecule has 2 aromatic carbocycles. The van der Waals surface area contributed by atoms with Gasteiger partial charge in [-0.2, -0.15) is 5.10 Å². The van der Waals surface area contributed by atoms with Gasteiger partial charge in [-0.3, -0.25) is 9.69 Å². The highest BCUT2D eigenvalue weighted by atomic mass is 32.2. The lowest BCUT2D eigenvalue weighted by Crippen LogP contribution is -2.48. The van der Waals surface area contributed by atoms with E-state index in [1.807, 2.05) is 58.9 Å². The van der Waals surface area contributed by atoms with E-state index in [1.54, 1.807) is 6.20 Å². The van der Waals surface area contributed by atoms with Gasteiger partial charge in [-0.25, -0.2) is 9.50 Å². The first-order valence-corrected chi connectivity index (χ1v) is 12.9. The number of aromatic nitrogens is 3. The van der Waals surface area contributed by atoms with Crippen LogP contribution < -0.4 is 4.74 Å². The Bertz CT molecular complexity index is 1270. The van der Waals surface area contributed by atoms with Crippen molar-refractivity contribution < 1.29 is 9.53 Å². The quantitative estimate of drug-likeness (QED) is 0.347. The SMILES string of the molecule is CCOc1ccc(-c2cc3c(SCC(=O)N4CCN(Cc5ccccc5)CC4)nccn3n2)cc1. The lowest BCUT2D eigenvalue weighted by atomic mass is 10.1. The van der Waals surface area contributed by atoms with Gasteiger partial charge in [-0.15, -0.1) is 0 Å². The van der Waals surface area contributed by atoms with Crippen LogP contribution in [-0.2, 0) is 11.3 Å². The molecule has 1 aliphatic rings. The van der Waals surface area contributed by atoms with Crippen LogP contribution in [0.5, 0.6) is 5.75 Å². The fourth-order valence-corrected chi connectivity index (χ4v) is 5.14. The minimum absolute atomic E-state index is 0.157. The van der Waals surface area contributed by atoms with Crippen molar-refractivity contribution in [2.24, 2.45) is 0 Å². The Morgan fingerprint density at radius 1 is 1.03 bits per heavy atom. The summed E-state index contributed by atoms with van der Waals surface area (Å²) in [6.07, 6.45) is 3.57. The Hall–Kier alpha value is -3.36. The third-order valence-electron chi connectivity index (χ3n) is 6.12. The van der Waals surface area contributed by atoms with Gasteiger partial charge in [0.05, 0.1) is 23.6 Å². The molecule has 35 heavy (non-hydrogen) atoms. The van der Waals surface area contributed by atoms with E-state index in [-0.39, 0.29) is 5.91 Å².